The number of hydrogen-bond donors (Lipinski definition) is 0. The van der Waals surface area contributed by atoms with Crippen LogP contribution >= 0.6 is 0 Å². The monoisotopic (exact) mass is 452 g/mol. The highest BCUT2D eigenvalue weighted by Crippen LogP contribution is 2.38. The average molecular weight is 453 g/mol. The van der Waals surface area contributed by atoms with Gasteiger partial charge in [-0.25, -0.2) is 0 Å². The minimum atomic E-state index is -3.27. The summed E-state index contributed by atoms with van der Waals surface area (Å²) >= 11 is 0. The zero-order chi connectivity index (χ0) is 23.3. The molecule has 0 amide bonds. The summed E-state index contributed by atoms with van der Waals surface area (Å²) in [6.45, 7) is 6.23. The van der Waals surface area contributed by atoms with Crippen molar-refractivity contribution in [3.8, 4) is 0 Å². The van der Waals surface area contributed by atoms with Crippen LogP contribution in [0.3, 0.4) is 0 Å². The number of allylic oxidation sites excluding steroid dienone is 1. The molecule has 1 nitrogen and oxygen atoms in total. The Morgan fingerprint density at radius 2 is 1.33 bits per heavy atom. The van der Waals surface area contributed by atoms with E-state index in [0.29, 0.717) is 24.2 Å². The lowest BCUT2D eigenvalue weighted by Gasteiger charge is -2.27. The van der Waals surface area contributed by atoms with E-state index in [-0.39, 0.29) is 12.2 Å². The van der Waals surface area contributed by atoms with E-state index in [0.717, 1.165) is 42.7 Å². The maximum Gasteiger partial charge on any atom is 0.383 e. The number of halogens is 2. The van der Waals surface area contributed by atoms with Crippen LogP contribution in [0.4, 0.5) is 8.78 Å². The van der Waals surface area contributed by atoms with Gasteiger partial charge in [-0.15, -0.1) is 6.58 Å². The van der Waals surface area contributed by atoms with Crippen molar-refractivity contribution < 1.29 is 13.5 Å². The molecule has 2 aliphatic carbocycles. The largest absolute Gasteiger partial charge is 0.383 e. The molecule has 0 aromatic heterocycles. The Labute approximate surface area is 198 Å². The molecule has 0 aliphatic heterocycles. The molecule has 2 aromatic carbocycles. The first-order valence-electron chi connectivity index (χ1n) is 12.8. The van der Waals surface area contributed by atoms with E-state index < -0.39 is 6.11 Å². The highest BCUT2D eigenvalue weighted by atomic mass is 19.3. The number of alkyl halides is 2. The van der Waals surface area contributed by atoms with E-state index in [1.54, 1.807) is 0 Å². The zero-order valence-corrected chi connectivity index (χ0v) is 19.9. The lowest BCUT2D eigenvalue weighted by Crippen LogP contribution is -2.20. The molecule has 2 aromatic rings. The van der Waals surface area contributed by atoms with Crippen molar-refractivity contribution in [1.29, 1.82) is 0 Å². The molecular weight excluding hydrogens is 414 g/mol. The quantitative estimate of drug-likeness (QED) is 0.364. The van der Waals surface area contributed by atoms with Gasteiger partial charge in [0.25, 0.3) is 0 Å². The van der Waals surface area contributed by atoms with Crippen molar-refractivity contribution in [2.75, 3.05) is 6.61 Å². The van der Waals surface area contributed by atoms with Crippen molar-refractivity contribution >= 4 is 0 Å². The highest BCUT2D eigenvalue weighted by Gasteiger charge is 2.33. The molecule has 33 heavy (non-hydrogen) atoms. The fourth-order valence-corrected chi connectivity index (χ4v) is 5.57. The molecule has 3 heteroatoms. The summed E-state index contributed by atoms with van der Waals surface area (Å²) in [5.74, 6) is 2.55. The first-order chi connectivity index (χ1) is 15.9. The molecule has 0 heterocycles. The standard InChI is InChI=1S/C30H38F2O/c1-3-23-6-12-26(13-7-23)28-16-18-29(19-17-28)30(31,32)33-21-20-24-8-14-27(15-9-24)25-10-4-22(2)5-11-25/h3,8-9,14-19,22-23,25-26H,1,4-7,10-13,20-21H2,2H3/t22-,23-,25-,26-. The summed E-state index contributed by atoms with van der Waals surface area (Å²) in [6, 6.07) is 15.3. The fraction of sp³-hybridized carbons (Fsp3) is 0.533. The molecule has 4 rings (SSSR count). The van der Waals surface area contributed by atoms with Gasteiger partial charge < -0.3 is 4.74 Å². The second kappa shape index (κ2) is 11.0. The Morgan fingerprint density at radius 3 is 1.88 bits per heavy atom. The van der Waals surface area contributed by atoms with Crippen LogP contribution in [0.15, 0.2) is 61.2 Å². The van der Waals surface area contributed by atoms with Crippen molar-refractivity contribution in [2.24, 2.45) is 11.8 Å². The minimum absolute atomic E-state index is 0.000603. The third-order valence-corrected chi connectivity index (χ3v) is 7.96. The summed E-state index contributed by atoms with van der Waals surface area (Å²) in [4.78, 5) is 0. The van der Waals surface area contributed by atoms with Gasteiger partial charge in [0, 0.05) is 0 Å². The normalized spacial score (nSPS) is 26.2. The predicted octanol–water partition coefficient (Wildman–Crippen LogP) is 8.75. The van der Waals surface area contributed by atoms with Crippen LogP contribution < -0.4 is 0 Å². The topological polar surface area (TPSA) is 9.23 Å². The van der Waals surface area contributed by atoms with Gasteiger partial charge in [-0.2, -0.15) is 8.78 Å². The van der Waals surface area contributed by atoms with Crippen LogP contribution in [0.2, 0.25) is 0 Å². The van der Waals surface area contributed by atoms with Crippen LogP contribution in [-0.2, 0) is 17.3 Å². The number of rotatable bonds is 8. The molecule has 0 saturated heterocycles. The first-order valence-corrected chi connectivity index (χ1v) is 12.8. The second-order valence-corrected chi connectivity index (χ2v) is 10.3. The molecule has 2 saturated carbocycles. The molecule has 0 N–H and O–H groups in total. The minimum Gasteiger partial charge on any atom is -0.316 e. The molecule has 0 spiro atoms. The van der Waals surface area contributed by atoms with Gasteiger partial charge in [0.05, 0.1) is 12.2 Å². The molecule has 0 bridgehead atoms. The van der Waals surface area contributed by atoms with Crippen LogP contribution in [0, 0.1) is 11.8 Å². The number of hydrogen-bond acceptors (Lipinski definition) is 1. The summed E-state index contributed by atoms with van der Waals surface area (Å²) in [5, 5.41) is 0. The van der Waals surface area contributed by atoms with Gasteiger partial charge in [-0.3, -0.25) is 0 Å². The third kappa shape index (κ3) is 6.32. The SMILES string of the molecule is C=C[C@H]1CC[C@H](c2ccc(C(F)(F)OCCc3ccc([C@H]4CC[C@H](C)CC4)cc3)cc2)CC1. The maximum atomic E-state index is 14.6. The van der Waals surface area contributed by atoms with E-state index in [9.17, 15) is 8.78 Å². The Morgan fingerprint density at radius 1 is 0.818 bits per heavy atom. The Balaban J connectivity index is 1.26. The van der Waals surface area contributed by atoms with Crippen molar-refractivity contribution in [3.05, 3.63) is 83.4 Å². The molecule has 0 atom stereocenters. The Bertz CT molecular complexity index is 871. The fourth-order valence-electron chi connectivity index (χ4n) is 5.57. The van der Waals surface area contributed by atoms with Crippen LogP contribution in [0.5, 0.6) is 0 Å². The van der Waals surface area contributed by atoms with E-state index >= 15 is 0 Å². The summed E-state index contributed by atoms with van der Waals surface area (Å²) in [5.41, 5.74) is 3.52. The third-order valence-electron chi connectivity index (χ3n) is 7.96. The van der Waals surface area contributed by atoms with Gasteiger partial charge >= 0.3 is 6.11 Å². The Kier molecular flexibility index (Phi) is 8.01. The molecular formula is C30H38F2O. The average Bonchev–Trinajstić information content (AvgIpc) is 2.85. The van der Waals surface area contributed by atoms with E-state index in [1.807, 2.05) is 18.2 Å². The van der Waals surface area contributed by atoms with Crippen LogP contribution in [0.1, 0.15) is 92.4 Å². The van der Waals surface area contributed by atoms with Crippen molar-refractivity contribution in [3.63, 3.8) is 0 Å². The Hall–Kier alpha value is -2.00. The van der Waals surface area contributed by atoms with Crippen molar-refractivity contribution in [1.82, 2.24) is 0 Å². The van der Waals surface area contributed by atoms with Gasteiger partial charge in [0.2, 0.25) is 0 Å². The molecule has 2 aliphatic rings. The van der Waals surface area contributed by atoms with Gasteiger partial charge in [-0.05, 0) is 85.3 Å². The number of ether oxygens (including phenoxy) is 1. The van der Waals surface area contributed by atoms with Gasteiger partial charge in [0.1, 0.15) is 0 Å². The molecule has 2 fully saturated rings. The van der Waals surface area contributed by atoms with E-state index in [1.165, 1.54) is 43.4 Å². The van der Waals surface area contributed by atoms with Gasteiger partial charge in [-0.1, -0.05) is 74.4 Å². The first kappa shape index (κ1) is 24.1. The van der Waals surface area contributed by atoms with E-state index in [2.05, 4.69) is 37.8 Å². The molecule has 0 unspecified atom stereocenters. The number of benzene rings is 2. The highest BCUT2D eigenvalue weighted by molar-refractivity contribution is 5.28. The zero-order valence-electron chi connectivity index (χ0n) is 19.9. The van der Waals surface area contributed by atoms with Gasteiger partial charge in [0.15, 0.2) is 0 Å². The second-order valence-electron chi connectivity index (χ2n) is 10.3. The lowest BCUT2D eigenvalue weighted by molar-refractivity contribution is -0.248. The van der Waals surface area contributed by atoms with Crippen molar-refractivity contribution in [2.45, 2.75) is 82.7 Å². The lowest BCUT2D eigenvalue weighted by atomic mass is 9.79. The molecule has 178 valence electrons. The summed E-state index contributed by atoms with van der Waals surface area (Å²) in [6.07, 6.45) is 8.84. The van der Waals surface area contributed by atoms with E-state index in [4.69, 9.17) is 4.74 Å². The summed E-state index contributed by atoms with van der Waals surface area (Å²) < 4.78 is 34.3. The molecule has 0 radical (unpaired) electrons. The smallest absolute Gasteiger partial charge is 0.316 e. The van der Waals surface area contributed by atoms with Crippen LogP contribution in [0.25, 0.3) is 0 Å². The maximum absolute atomic E-state index is 14.6. The predicted molar refractivity (Wildman–Crippen MR) is 132 cm³/mol. The van der Waals surface area contributed by atoms with Crippen LogP contribution in [-0.4, -0.2) is 6.61 Å². The summed E-state index contributed by atoms with van der Waals surface area (Å²) in [7, 11) is 0.